The molecule has 1 saturated carbocycles. The van der Waals surface area contributed by atoms with E-state index in [2.05, 4.69) is 22.5 Å². The van der Waals surface area contributed by atoms with Gasteiger partial charge in [0.05, 0.1) is 0 Å². The molecule has 5 heteroatoms. The van der Waals surface area contributed by atoms with Gasteiger partial charge in [-0.1, -0.05) is 31.0 Å². The summed E-state index contributed by atoms with van der Waals surface area (Å²) >= 11 is 0. The number of fused-ring (bicyclic) bond motifs is 1. The van der Waals surface area contributed by atoms with Gasteiger partial charge < -0.3 is 15.5 Å². The van der Waals surface area contributed by atoms with E-state index < -0.39 is 0 Å². The zero-order valence-electron chi connectivity index (χ0n) is 15.9. The summed E-state index contributed by atoms with van der Waals surface area (Å²) in [5.74, 6) is 2.76. The van der Waals surface area contributed by atoms with Crippen LogP contribution in [0.25, 0.3) is 0 Å². The van der Waals surface area contributed by atoms with Crippen molar-refractivity contribution in [2.75, 3.05) is 32.7 Å². The van der Waals surface area contributed by atoms with Gasteiger partial charge in [0.15, 0.2) is 5.96 Å². The van der Waals surface area contributed by atoms with Gasteiger partial charge in [-0.25, -0.2) is 0 Å². The SMILES string of the molecule is CCNC(=NCCCNC(=O)c1ccccc1)N1CC2CCCCC2C1. The molecule has 2 unspecified atom stereocenters. The number of amides is 1. The topological polar surface area (TPSA) is 56.7 Å². The van der Waals surface area contributed by atoms with Crippen molar-refractivity contribution in [3.8, 4) is 0 Å². The Morgan fingerprint density at radius 2 is 1.81 bits per heavy atom. The third kappa shape index (κ3) is 4.99. The average molecular weight is 357 g/mol. The predicted molar refractivity (Wildman–Crippen MR) is 106 cm³/mol. The molecule has 142 valence electrons. The Kier molecular flexibility index (Phi) is 6.92. The number of carbonyl (C=O) groups excluding carboxylic acids is 1. The van der Waals surface area contributed by atoms with Crippen molar-refractivity contribution >= 4 is 11.9 Å². The first-order valence-electron chi connectivity index (χ1n) is 10.1. The van der Waals surface area contributed by atoms with Crippen LogP contribution in [0.5, 0.6) is 0 Å². The summed E-state index contributed by atoms with van der Waals surface area (Å²) in [5.41, 5.74) is 0.712. The fourth-order valence-electron chi connectivity index (χ4n) is 4.16. The van der Waals surface area contributed by atoms with Crippen LogP contribution in [-0.4, -0.2) is 49.5 Å². The molecule has 1 aromatic carbocycles. The Balaban J connectivity index is 1.43. The lowest BCUT2D eigenvalue weighted by Gasteiger charge is -2.22. The lowest BCUT2D eigenvalue weighted by atomic mass is 9.82. The van der Waals surface area contributed by atoms with Crippen LogP contribution >= 0.6 is 0 Å². The molecule has 1 aromatic rings. The molecule has 1 amide bonds. The summed E-state index contributed by atoms with van der Waals surface area (Å²) in [7, 11) is 0. The van der Waals surface area contributed by atoms with E-state index in [1.54, 1.807) is 0 Å². The Morgan fingerprint density at radius 1 is 1.12 bits per heavy atom. The second-order valence-corrected chi connectivity index (χ2v) is 7.42. The minimum absolute atomic E-state index is 0.00916. The highest BCUT2D eigenvalue weighted by Crippen LogP contribution is 2.35. The van der Waals surface area contributed by atoms with Gasteiger partial charge in [0.2, 0.25) is 0 Å². The smallest absolute Gasteiger partial charge is 0.251 e. The fourth-order valence-corrected chi connectivity index (χ4v) is 4.16. The number of carbonyl (C=O) groups is 1. The normalized spacial score (nSPS) is 22.8. The molecule has 0 bridgehead atoms. The molecule has 0 spiro atoms. The molecular formula is C21H32N4O. The highest BCUT2D eigenvalue weighted by atomic mass is 16.1. The molecule has 1 heterocycles. The molecule has 2 atom stereocenters. The molecule has 1 aliphatic carbocycles. The van der Waals surface area contributed by atoms with Gasteiger partial charge in [0, 0.05) is 38.3 Å². The number of nitrogens with one attached hydrogen (secondary N) is 2. The van der Waals surface area contributed by atoms with E-state index >= 15 is 0 Å². The van der Waals surface area contributed by atoms with E-state index in [9.17, 15) is 4.79 Å². The minimum Gasteiger partial charge on any atom is -0.357 e. The minimum atomic E-state index is -0.00916. The zero-order valence-corrected chi connectivity index (χ0v) is 15.9. The van der Waals surface area contributed by atoms with Crippen molar-refractivity contribution in [3.05, 3.63) is 35.9 Å². The van der Waals surface area contributed by atoms with Gasteiger partial charge in [-0.05, 0) is 50.2 Å². The monoisotopic (exact) mass is 356 g/mol. The number of rotatable bonds is 6. The third-order valence-corrected chi connectivity index (χ3v) is 5.53. The first kappa shape index (κ1) is 18.7. The van der Waals surface area contributed by atoms with Gasteiger partial charge >= 0.3 is 0 Å². The standard InChI is InChI=1S/C21H32N4O/c1-2-22-21(25-15-18-11-6-7-12-19(18)16-25)24-14-8-13-23-20(26)17-9-4-3-5-10-17/h3-5,9-10,18-19H,2,6-8,11-16H2,1H3,(H,22,24)(H,23,26). The number of nitrogens with zero attached hydrogens (tertiary/aromatic N) is 2. The van der Waals surface area contributed by atoms with E-state index in [1.165, 1.54) is 25.7 Å². The summed E-state index contributed by atoms with van der Waals surface area (Å²) in [4.78, 5) is 19.3. The molecule has 2 aliphatic rings. The number of likely N-dealkylation sites (tertiary alicyclic amines) is 1. The number of guanidine groups is 1. The first-order chi connectivity index (χ1) is 12.8. The predicted octanol–water partition coefficient (Wildman–Crippen LogP) is 2.89. The quantitative estimate of drug-likeness (QED) is 0.468. The third-order valence-electron chi connectivity index (χ3n) is 5.53. The van der Waals surface area contributed by atoms with Crippen LogP contribution in [0.4, 0.5) is 0 Å². The molecule has 1 aliphatic heterocycles. The average Bonchev–Trinajstić information content (AvgIpc) is 3.11. The molecule has 2 N–H and O–H groups in total. The maximum atomic E-state index is 12.0. The number of hydrogen-bond donors (Lipinski definition) is 2. The molecule has 1 saturated heterocycles. The highest BCUT2D eigenvalue weighted by Gasteiger charge is 2.35. The lowest BCUT2D eigenvalue weighted by Crippen LogP contribution is -2.40. The van der Waals surface area contributed by atoms with Crippen molar-refractivity contribution in [2.45, 2.75) is 39.0 Å². The molecule has 2 fully saturated rings. The Hall–Kier alpha value is -2.04. The van der Waals surface area contributed by atoms with Crippen LogP contribution in [0.3, 0.4) is 0 Å². The van der Waals surface area contributed by atoms with Gasteiger partial charge in [-0.15, -0.1) is 0 Å². The van der Waals surface area contributed by atoms with Crippen LogP contribution in [0.2, 0.25) is 0 Å². The van der Waals surface area contributed by atoms with Crippen LogP contribution < -0.4 is 10.6 Å². The molecule has 26 heavy (non-hydrogen) atoms. The van der Waals surface area contributed by atoms with Crippen molar-refractivity contribution in [3.63, 3.8) is 0 Å². The van der Waals surface area contributed by atoms with E-state index in [1.807, 2.05) is 30.3 Å². The van der Waals surface area contributed by atoms with E-state index in [-0.39, 0.29) is 5.91 Å². The molecule has 0 aromatic heterocycles. The highest BCUT2D eigenvalue weighted by molar-refractivity contribution is 5.94. The van der Waals surface area contributed by atoms with Crippen LogP contribution in [0.15, 0.2) is 35.3 Å². The van der Waals surface area contributed by atoms with Gasteiger partial charge in [0.25, 0.3) is 5.91 Å². The van der Waals surface area contributed by atoms with Crippen molar-refractivity contribution in [1.82, 2.24) is 15.5 Å². The van der Waals surface area contributed by atoms with Gasteiger partial charge in [-0.3, -0.25) is 9.79 Å². The van der Waals surface area contributed by atoms with Gasteiger partial charge in [0.1, 0.15) is 0 Å². The maximum absolute atomic E-state index is 12.0. The second-order valence-electron chi connectivity index (χ2n) is 7.42. The molecule has 5 nitrogen and oxygen atoms in total. The van der Waals surface area contributed by atoms with E-state index in [0.29, 0.717) is 12.1 Å². The zero-order chi connectivity index (χ0) is 18.2. The fraction of sp³-hybridized carbons (Fsp3) is 0.619. The van der Waals surface area contributed by atoms with Crippen LogP contribution in [-0.2, 0) is 0 Å². The molecular weight excluding hydrogens is 324 g/mol. The second kappa shape index (κ2) is 9.60. The summed E-state index contributed by atoms with van der Waals surface area (Å²) < 4.78 is 0. The first-order valence-corrected chi connectivity index (χ1v) is 10.1. The summed E-state index contributed by atoms with van der Waals surface area (Å²) in [5, 5.41) is 6.42. The van der Waals surface area contributed by atoms with E-state index in [4.69, 9.17) is 4.99 Å². The number of hydrogen-bond acceptors (Lipinski definition) is 2. The Labute approximate surface area is 157 Å². The maximum Gasteiger partial charge on any atom is 0.251 e. The molecule has 3 rings (SSSR count). The summed E-state index contributed by atoms with van der Waals surface area (Å²) in [6, 6.07) is 9.36. The largest absolute Gasteiger partial charge is 0.357 e. The van der Waals surface area contributed by atoms with Crippen LogP contribution in [0, 0.1) is 11.8 Å². The Bertz CT molecular complexity index is 587. The van der Waals surface area contributed by atoms with E-state index in [0.717, 1.165) is 50.4 Å². The number of aliphatic imine (C=N–C) groups is 1. The van der Waals surface area contributed by atoms with Crippen molar-refractivity contribution < 1.29 is 4.79 Å². The van der Waals surface area contributed by atoms with Gasteiger partial charge in [-0.2, -0.15) is 0 Å². The van der Waals surface area contributed by atoms with Crippen molar-refractivity contribution in [1.29, 1.82) is 0 Å². The lowest BCUT2D eigenvalue weighted by molar-refractivity contribution is 0.0953. The summed E-state index contributed by atoms with van der Waals surface area (Å²) in [6.45, 7) is 6.72. The van der Waals surface area contributed by atoms with Crippen LogP contribution in [0.1, 0.15) is 49.4 Å². The Morgan fingerprint density at radius 3 is 2.46 bits per heavy atom. The van der Waals surface area contributed by atoms with Crippen molar-refractivity contribution in [2.24, 2.45) is 16.8 Å². The number of benzene rings is 1. The summed E-state index contributed by atoms with van der Waals surface area (Å²) in [6.07, 6.45) is 6.40. The molecule has 0 radical (unpaired) electrons.